The van der Waals surface area contributed by atoms with Crippen molar-refractivity contribution in [2.24, 2.45) is 5.73 Å². The lowest BCUT2D eigenvalue weighted by atomic mass is 9.75. The highest BCUT2D eigenvalue weighted by Gasteiger charge is 2.33. The van der Waals surface area contributed by atoms with E-state index < -0.39 is 5.97 Å². The third kappa shape index (κ3) is 3.12. The summed E-state index contributed by atoms with van der Waals surface area (Å²) < 4.78 is 10.9. The molecular formula is C19H23NO4S. The van der Waals surface area contributed by atoms with Gasteiger partial charge in [-0.05, 0) is 54.2 Å². The zero-order chi connectivity index (χ0) is 18.1. The topological polar surface area (TPSA) is 81.8 Å². The summed E-state index contributed by atoms with van der Waals surface area (Å²) in [5.74, 6) is 0.294. The molecule has 0 saturated heterocycles. The highest BCUT2D eigenvalue weighted by atomic mass is 32.1. The zero-order valence-electron chi connectivity index (χ0n) is 14.7. The average molecular weight is 361 g/mol. The van der Waals surface area contributed by atoms with Gasteiger partial charge in [0.15, 0.2) is 11.5 Å². The second kappa shape index (κ2) is 7.06. The van der Waals surface area contributed by atoms with Gasteiger partial charge in [-0.3, -0.25) is 0 Å². The summed E-state index contributed by atoms with van der Waals surface area (Å²) in [5.41, 5.74) is 9.45. The van der Waals surface area contributed by atoms with E-state index in [0.717, 1.165) is 40.8 Å². The predicted molar refractivity (Wildman–Crippen MR) is 98.3 cm³/mol. The van der Waals surface area contributed by atoms with E-state index in [1.165, 1.54) is 11.3 Å². The van der Waals surface area contributed by atoms with E-state index in [2.05, 4.69) is 0 Å². The Bertz CT molecular complexity index is 799. The molecule has 1 aromatic carbocycles. The summed E-state index contributed by atoms with van der Waals surface area (Å²) in [7, 11) is 3.22. The van der Waals surface area contributed by atoms with Gasteiger partial charge in [0, 0.05) is 16.8 Å². The van der Waals surface area contributed by atoms with Gasteiger partial charge >= 0.3 is 5.97 Å². The first-order valence-corrected chi connectivity index (χ1v) is 9.18. The van der Waals surface area contributed by atoms with Crippen molar-refractivity contribution in [2.75, 3.05) is 14.2 Å². The number of methoxy groups -OCH3 is 2. The first-order chi connectivity index (χ1) is 12.0. The lowest BCUT2D eigenvalue weighted by molar-refractivity contribution is 0.0700. The Morgan fingerprint density at radius 2 is 1.92 bits per heavy atom. The second-order valence-corrected chi connectivity index (χ2v) is 7.38. The molecule has 2 aromatic rings. The fourth-order valence-corrected chi connectivity index (χ4v) is 4.57. The van der Waals surface area contributed by atoms with Gasteiger partial charge in [0.2, 0.25) is 0 Å². The van der Waals surface area contributed by atoms with Crippen molar-refractivity contribution in [2.45, 2.75) is 38.1 Å². The molecule has 0 fully saturated rings. The van der Waals surface area contributed by atoms with Crippen molar-refractivity contribution in [1.29, 1.82) is 0 Å². The molecule has 0 bridgehead atoms. The molecule has 1 aliphatic carbocycles. The number of fused-ring (bicyclic) bond motifs is 1. The van der Waals surface area contributed by atoms with Crippen molar-refractivity contribution in [1.82, 2.24) is 0 Å². The molecule has 6 heteroatoms. The number of hydrogen-bond donors (Lipinski definition) is 2. The summed E-state index contributed by atoms with van der Waals surface area (Å²) in [6.07, 6.45) is 2.47. The molecule has 3 N–H and O–H groups in total. The van der Waals surface area contributed by atoms with Crippen molar-refractivity contribution in [3.63, 3.8) is 0 Å². The summed E-state index contributed by atoms with van der Waals surface area (Å²) in [5, 5.41) is 9.65. The Morgan fingerprint density at radius 3 is 2.52 bits per heavy atom. The van der Waals surface area contributed by atoms with Crippen LogP contribution in [-0.2, 0) is 12.8 Å². The Kier molecular flexibility index (Phi) is 5.01. The van der Waals surface area contributed by atoms with E-state index >= 15 is 0 Å². The van der Waals surface area contributed by atoms with Crippen LogP contribution in [0.15, 0.2) is 18.2 Å². The van der Waals surface area contributed by atoms with E-state index in [9.17, 15) is 9.90 Å². The van der Waals surface area contributed by atoms with Crippen LogP contribution in [0.5, 0.6) is 11.5 Å². The predicted octanol–water partition coefficient (Wildman–Crippen LogP) is 3.43. The average Bonchev–Trinajstić information content (AvgIpc) is 3.04. The largest absolute Gasteiger partial charge is 0.493 e. The van der Waals surface area contributed by atoms with Crippen LogP contribution in [0.4, 0.5) is 0 Å². The number of carboxylic acids is 1. The first kappa shape index (κ1) is 17.8. The van der Waals surface area contributed by atoms with E-state index in [-0.39, 0.29) is 12.0 Å². The fourth-order valence-electron chi connectivity index (χ4n) is 3.59. The maximum absolute atomic E-state index is 11.8. The minimum absolute atomic E-state index is 0.122. The number of carbonyl (C=O) groups is 1. The van der Waals surface area contributed by atoms with Crippen LogP contribution in [0.3, 0.4) is 0 Å². The van der Waals surface area contributed by atoms with Crippen molar-refractivity contribution < 1.29 is 19.4 Å². The highest BCUT2D eigenvalue weighted by Crippen LogP contribution is 2.44. The van der Waals surface area contributed by atoms with Crippen LogP contribution < -0.4 is 15.2 Å². The van der Waals surface area contributed by atoms with E-state index in [1.54, 1.807) is 14.2 Å². The van der Waals surface area contributed by atoms with Gasteiger partial charge in [-0.25, -0.2) is 4.79 Å². The van der Waals surface area contributed by atoms with Crippen LogP contribution in [0.1, 0.15) is 50.5 Å². The van der Waals surface area contributed by atoms with Gasteiger partial charge in [0.1, 0.15) is 4.88 Å². The maximum Gasteiger partial charge on any atom is 0.346 e. The second-order valence-electron chi connectivity index (χ2n) is 6.24. The van der Waals surface area contributed by atoms with Crippen molar-refractivity contribution >= 4 is 17.3 Å². The number of ether oxygens (including phenoxy) is 2. The third-order valence-corrected chi connectivity index (χ3v) is 6.13. The first-order valence-electron chi connectivity index (χ1n) is 8.36. The molecular weight excluding hydrogens is 338 g/mol. The molecule has 3 rings (SSSR count). The number of hydrogen-bond acceptors (Lipinski definition) is 5. The lowest BCUT2D eigenvalue weighted by Gasteiger charge is -2.32. The molecule has 2 unspecified atom stereocenters. The molecule has 0 radical (unpaired) electrons. The normalized spacial score (nSPS) is 19.4. The molecule has 0 aliphatic heterocycles. The molecule has 0 amide bonds. The smallest absolute Gasteiger partial charge is 0.346 e. The van der Waals surface area contributed by atoms with Crippen LogP contribution >= 0.6 is 11.3 Å². The van der Waals surface area contributed by atoms with E-state index in [0.29, 0.717) is 16.4 Å². The molecule has 5 nitrogen and oxygen atoms in total. The number of aromatic carboxylic acids is 1. The van der Waals surface area contributed by atoms with Gasteiger partial charge < -0.3 is 20.3 Å². The van der Waals surface area contributed by atoms with Crippen LogP contribution in [0.2, 0.25) is 0 Å². The Labute approximate surface area is 151 Å². The minimum atomic E-state index is -0.889. The summed E-state index contributed by atoms with van der Waals surface area (Å²) in [4.78, 5) is 13.2. The fraction of sp³-hybridized carbons (Fsp3) is 0.421. The van der Waals surface area contributed by atoms with Crippen molar-refractivity contribution in [3.8, 4) is 11.5 Å². The number of thiophene rings is 1. The SMILES string of the molecule is CCc1cc(C2c3cc(OC)c(OC)cc3CCC2N)c(C(=O)O)s1. The van der Waals surface area contributed by atoms with Crippen LogP contribution in [0, 0.1) is 0 Å². The number of nitrogens with two attached hydrogens (primary N) is 1. The van der Waals surface area contributed by atoms with Gasteiger partial charge in [0.25, 0.3) is 0 Å². The summed E-state index contributed by atoms with van der Waals surface area (Å²) >= 11 is 1.34. The summed E-state index contributed by atoms with van der Waals surface area (Å²) in [6.45, 7) is 2.03. The highest BCUT2D eigenvalue weighted by molar-refractivity contribution is 7.14. The Balaban J connectivity index is 2.18. The lowest BCUT2D eigenvalue weighted by Crippen LogP contribution is -2.34. The molecule has 1 aliphatic rings. The number of aryl methyl sites for hydroxylation is 2. The number of rotatable bonds is 5. The van der Waals surface area contributed by atoms with Gasteiger partial charge in [-0.2, -0.15) is 0 Å². The molecule has 0 spiro atoms. The zero-order valence-corrected chi connectivity index (χ0v) is 15.5. The Morgan fingerprint density at radius 1 is 1.24 bits per heavy atom. The van der Waals surface area contributed by atoms with Crippen molar-refractivity contribution in [3.05, 3.63) is 44.6 Å². The molecule has 0 saturated carbocycles. The van der Waals surface area contributed by atoms with E-state index in [1.807, 2.05) is 25.1 Å². The molecule has 2 atom stereocenters. The van der Waals surface area contributed by atoms with Crippen LogP contribution in [-0.4, -0.2) is 31.3 Å². The number of benzene rings is 1. The molecule has 1 heterocycles. The standard InChI is InChI=1S/C19H23NO4S/c1-4-11-8-13(18(25-11)19(21)22)17-12-9-16(24-3)15(23-2)7-10(12)5-6-14(17)20/h7-9,14,17H,4-6,20H2,1-3H3,(H,21,22). The summed E-state index contributed by atoms with van der Waals surface area (Å²) in [6, 6.07) is 5.82. The quantitative estimate of drug-likeness (QED) is 0.853. The monoisotopic (exact) mass is 361 g/mol. The molecule has 25 heavy (non-hydrogen) atoms. The van der Waals surface area contributed by atoms with Crippen LogP contribution in [0.25, 0.3) is 0 Å². The number of carboxylic acid groups (broad SMARTS) is 1. The third-order valence-electron chi connectivity index (χ3n) is 4.85. The minimum Gasteiger partial charge on any atom is -0.493 e. The maximum atomic E-state index is 11.8. The van der Waals surface area contributed by atoms with E-state index in [4.69, 9.17) is 15.2 Å². The van der Waals surface area contributed by atoms with Gasteiger partial charge in [-0.15, -0.1) is 11.3 Å². The molecule has 1 aromatic heterocycles. The van der Waals surface area contributed by atoms with Gasteiger partial charge in [0.05, 0.1) is 14.2 Å². The van der Waals surface area contributed by atoms with Gasteiger partial charge in [-0.1, -0.05) is 6.92 Å². The Hall–Kier alpha value is -2.05. The molecule has 134 valence electrons.